The van der Waals surface area contributed by atoms with Crippen LogP contribution in [0.4, 0.5) is 0 Å². The molecule has 1 aromatic heterocycles. The summed E-state index contributed by atoms with van der Waals surface area (Å²) in [6.45, 7) is 0. The van der Waals surface area contributed by atoms with Gasteiger partial charge in [0.05, 0.1) is 11.4 Å². The highest BCUT2D eigenvalue weighted by atomic mass is 35.5. The summed E-state index contributed by atoms with van der Waals surface area (Å²) in [6.07, 6.45) is 5.26. The Labute approximate surface area is 104 Å². The van der Waals surface area contributed by atoms with E-state index < -0.39 is 0 Å². The third-order valence-corrected chi connectivity index (χ3v) is 2.52. The van der Waals surface area contributed by atoms with Crippen LogP contribution in [0.2, 0.25) is 5.02 Å². The Kier molecular flexibility index (Phi) is 3.67. The molecule has 17 heavy (non-hydrogen) atoms. The fourth-order valence-electron chi connectivity index (χ4n) is 1.43. The number of rotatable bonds is 3. The Hall–Kier alpha value is -1.94. The average Bonchev–Trinajstić information content (AvgIpc) is 2.38. The van der Waals surface area contributed by atoms with E-state index in [1.807, 2.05) is 0 Å². The highest BCUT2D eigenvalue weighted by Crippen LogP contribution is 2.12. The van der Waals surface area contributed by atoms with E-state index in [1.165, 1.54) is 0 Å². The summed E-state index contributed by atoms with van der Waals surface area (Å²) >= 11 is 5.80. The zero-order valence-electron chi connectivity index (χ0n) is 8.92. The Morgan fingerprint density at radius 2 is 2.00 bits per heavy atom. The van der Waals surface area contributed by atoms with Gasteiger partial charge in [0.2, 0.25) is 0 Å². The minimum Gasteiger partial charge on any atom is -0.411 e. The van der Waals surface area contributed by atoms with Crippen LogP contribution in [-0.2, 0) is 6.42 Å². The number of halogens is 1. The van der Waals surface area contributed by atoms with E-state index >= 15 is 0 Å². The number of oxime groups is 1. The Morgan fingerprint density at radius 1 is 1.24 bits per heavy atom. The van der Waals surface area contributed by atoms with E-state index in [2.05, 4.69) is 15.1 Å². The summed E-state index contributed by atoms with van der Waals surface area (Å²) in [5, 5.41) is 12.9. The van der Waals surface area contributed by atoms with Gasteiger partial charge in [-0.25, -0.2) is 0 Å². The van der Waals surface area contributed by atoms with Crippen LogP contribution in [0.1, 0.15) is 11.3 Å². The molecular weight excluding hydrogens is 238 g/mol. The SMILES string of the molecule is ON=C(Cc1cnccn1)c1ccc(Cl)cc1. The van der Waals surface area contributed by atoms with Crippen LogP contribution in [0, 0.1) is 0 Å². The van der Waals surface area contributed by atoms with E-state index in [0.29, 0.717) is 17.2 Å². The van der Waals surface area contributed by atoms with Gasteiger partial charge in [-0.15, -0.1) is 0 Å². The van der Waals surface area contributed by atoms with Gasteiger partial charge < -0.3 is 5.21 Å². The van der Waals surface area contributed by atoms with Crippen LogP contribution in [-0.4, -0.2) is 20.9 Å². The van der Waals surface area contributed by atoms with Crippen molar-refractivity contribution < 1.29 is 5.21 Å². The number of benzene rings is 1. The van der Waals surface area contributed by atoms with Gasteiger partial charge in [0.15, 0.2) is 0 Å². The summed E-state index contributed by atoms with van der Waals surface area (Å²) in [5.74, 6) is 0. The van der Waals surface area contributed by atoms with Crippen LogP contribution < -0.4 is 0 Å². The van der Waals surface area contributed by atoms with E-state index in [4.69, 9.17) is 16.8 Å². The van der Waals surface area contributed by atoms with E-state index in [1.54, 1.807) is 42.9 Å². The van der Waals surface area contributed by atoms with Crippen molar-refractivity contribution >= 4 is 17.3 Å². The lowest BCUT2D eigenvalue weighted by atomic mass is 10.1. The molecule has 0 atom stereocenters. The summed E-state index contributed by atoms with van der Waals surface area (Å²) in [4.78, 5) is 8.09. The molecule has 1 N–H and O–H groups in total. The molecule has 0 fully saturated rings. The third kappa shape index (κ3) is 3.01. The van der Waals surface area contributed by atoms with Gasteiger partial charge in [-0.3, -0.25) is 9.97 Å². The topological polar surface area (TPSA) is 58.4 Å². The molecule has 1 heterocycles. The van der Waals surface area contributed by atoms with Crippen LogP contribution >= 0.6 is 11.6 Å². The standard InChI is InChI=1S/C12H10ClN3O/c13-10-3-1-9(2-4-10)12(16-17)7-11-8-14-5-6-15-11/h1-6,8,17H,7H2. The lowest BCUT2D eigenvalue weighted by Gasteiger charge is -2.04. The van der Waals surface area contributed by atoms with Gasteiger partial charge >= 0.3 is 0 Å². The molecular formula is C12H10ClN3O. The maximum absolute atomic E-state index is 9.02. The summed E-state index contributed by atoms with van der Waals surface area (Å²) < 4.78 is 0. The first-order valence-electron chi connectivity index (χ1n) is 5.01. The average molecular weight is 248 g/mol. The smallest absolute Gasteiger partial charge is 0.0927 e. The van der Waals surface area contributed by atoms with E-state index in [0.717, 1.165) is 11.3 Å². The normalized spacial score (nSPS) is 11.5. The number of nitrogens with zero attached hydrogens (tertiary/aromatic N) is 3. The molecule has 2 aromatic rings. The Morgan fingerprint density at radius 3 is 2.59 bits per heavy atom. The van der Waals surface area contributed by atoms with Gasteiger partial charge in [-0.2, -0.15) is 0 Å². The van der Waals surface area contributed by atoms with E-state index in [9.17, 15) is 0 Å². The molecule has 0 saturated heterocycles. The molecule has 0 saturated carbocycles. The van der Waals surface area contributed by atoms with Crippen molar-refractivity contribution in [3.05, 3.63) is 59.1 Å². The van der Waals surface area contributed by atoms with Crippen molar-refractivity contribution in [3.8, 4) is 0 Å². The molecule has 2 rings (SSSR count). The fraction of sp³-hybridized carbons (Fsp3) is 0.0833. The second-order valence-electron chi connectivity index (χ2n) is 3.43. The van der Waals surface area contributed by atoms with Crippen molar-refractivity contribution in [2.45, 2.75) is 6.42 Å². The highest BCUT2D eigenvalue weighted by Gasteiger charge is 2.06. The molecule has 0 aliphatic heterocycles. The number of hydrogen-bond donors (Lipinski definition) is 1. The second-order valence-corrected chi connectivity index (χ2v) is 3.86. The molecule has 5 heteroatoms. The summed E-state index contributed by atoms with van der Waals surface area (Å²) in [5.41, 5.74) is 2.08. The monoisotopic (exact) mass is 247 g/mol. The van der Waals surface area contributed by atoms with Gasteiger partial charge in [-0.1, -0.05) is 28.9 Å². The predicted octanol–water partition coefficient (Wildman–Crippen LogP) is 2.55. The zero-order chi connectivity index (χ0) is 12.1. The van der Waals surface area contributed by atoms with Crippen LogP contribution in [0.5, 0.6) is 0 Å². The molecule has 0 spiro atoms. The molecule has 0 aliphatic carbocycles. The lowest BCUT2D eigenvalue weighted by molar-refractivity contribution is 0.318. The summed E-state index contributed by atoms with van der Waals surface area (Å²) in [6, 6.07) is 7.10. The molecule has 0 bridgehead atoms. The second kappa shape index (κ2) is 5.41. The van der Waals surface area contributed by atoms with Crippen LogP contribution in [0.15, 0.2) is 48.0 Å². The van der Waals surface area contributed by atoms with Crippen molar-refractivity contribution in [1.29, 1.82) is 0 Å². The lowest BCUT2D eigenvalue weighted by Crippen LogP contribution is -2.06. The minimum absolute atomic E-state index is 0.423. The van der Waals surface area contributed by atoms with Crippen LogP contribution in [0.3, 0.4) is 0 Å². The van der Waals surface area contributed by atoms with Crippen molar-refractivity contribution in [3.63, 3.8) is 0 Å². The van der Waals surface area contributed by atoms with Gasteiger partial charge in [-0.05, 0) is 17.7 Å². The molecule has 4 nitrogen and oxygen atoms in total. The molecule has 0 radical (unpaired) electrons. The maximum atomic E-state index is 9.02. The van der Waals surface area contributed by atoms with Crippen molar-refractivity contribution in [2.75, 3.05) is 0 Å². The summed E-state index contributed by atoms with van der Waals surface area (Å²) in [7, 11) is 0. The Bertz CT molecular complexity index is 511. The quantitative estimate of drug-likeness (QED) is 0.515. The number of aromatic nitrogens is 2. The molecule has 0 amide bonds. The minimum atomic E-state index is 0.423. The maximum Gasteiger partial charge on any atom is 0.0927 e. The van der Waals surface area contributed by atoms with Crippen molar-refractivity contribution in [2.24, 2.45) is 5.16 Å². The first-order valence-corrected chi connectivity index (χ1v) is 5.39. The van der Waals surface area contributed by atoms with Gasteiger partial charge in [0.1, 0.15) is 0 Å². The van der Waals surface area contributed by atoms with Gasteiger partial charge in [0.25, 0.3) is 0 Å². The largest absolute Gasteiger partial charge is 0.411 e. The molecule has 86 valence electrons. The van der Waals surface area contributed by atoms with Crippen molar-refractivity contribution in [1.82, 2.24) is 9.97 Å². The Balaban J connectivity index is 2.21. The highest BCUT2D eigenvalue weighted by molar-refractivity contribution is 6.30. The van der Waals surface area contributed by atoms with E-state index in [-0.39, 0.29) is 0 Å². The first-order chi connectivity index (χ1) is 8.29. The van der Waals surface area contributed by atoms with Gasteiger partial charge in [0, 0.05) is 30.0 Å². The van der Waals surface area contributed by atoms with Crippen LogP contribution in [0.25, 0.3) is 0 Å². The zero-order valence-corrected chi connectivity index (χ0v) is 9.67. The molecule has 0 aliphatic rings. The fourth-order valence-corrected chi connectivity index (χ4v) is 1.56. The molecule has 1 aromatic carbocycles. The first kappa shape index (κ1) is 11.5. The predicted molar refractivity (Wildman–Crippen MR) is 65.5 cm³/mol. The molecule has 0 unspecified atom stereocenters. The number of hydrogen-bond acceptors (Lipinski definition) is 4. The third-order valence-electron chi connectivity index (χ3n) is 2.26.